The number of nitrogens with zero attached hydrogens (tertiary/aromatic N) is 3. The summed E-state index contributed by atoms with van der Waals surface area (Å²) in [4.78, 5) is 33.6. The summed E-state index contributed by atoms with van der Waals surface area (Å²) in [6.07, 6.45) is 5.13. The van der Waals surface area contributed by atoms with E-state index in [1.807, 2.05) is 0 Å². The molecule has 3 aliphatic heterocycles. The van der Waals surface area contributed by atoms with Gasteiger partial charge in [0.05, 0.1) is 11.9 Å². The third-order valence-electron chi connectivity index (χ3n) is 6.21. The van der Waals surface area contributed by atoms with Gasteiger partial charge in [0.2, 0.25) is 0 Å². The van der Waals surface area contributed by atoms with Gasteiger partial charge in [0.25, 0.3) is 11.8 Å². The van der Waals surface area contributed by atoms with Crippen LogP contribution >= 0.6 is 15.9 Å². The van der Waals surface area contributed by atoms with E-state index >= 15 is 0 Å². The molecule has 0 unspecified atom stereocenters. The van der Waals surface area contributed by atoms with Gasteiger partial charge in [-0.25, -0.2) is 13.8 Å². The van der Waals surface area contributed by atoms with E-state index in [2.05, 4.69) is 27.5 Å². The van der Waals surface area contributed by atoms with Gasteiger partial charge in [-0.05, 0) is 59.5 Å². The lowest BCUT2D eigenvalue weighted by Crippen LogP contribution is -2.52. The fourth-order valence-corrected chi connectivity index (χ4v) is 4.88. The molecule has 4 heterocycles. The lowest BCUT2D eigenvalue weighted by atomic mass is 9.89. The van der Waals surface area contributed by atoms with Crippen molar-refractivity contribution in [3.63, 3.8) is 0 Å². The number of carbonyl (C=O) groups excluding carboxylic acids is 2. The van der Waals surface area contributed by atoms with Crippen molar-refractivity contribution in [2.75, 3.05) is 13.1 Å². The van der Waals surface area contributed by atoms with Gasteiger partial charge in [0, 0.05) is 42.7 Å². The Balaban J connectivity index is 1.43. The predicted octanol–water partition coefficient (Wildman–Crippen LogP) is 4.45. The summed E-state index contributed by atoms with van der Waals surface area (Å²) >= 11 is 3.30. The second-order valence-corrected chi connectivity index (χ2v) is 9.28. The molecule has 4 rings (SSSR count). The van der Waals surface area contributed by atoms with E-state index < -0.39 is 29.5 Å². The highest BCUT2D eigenvalue weighted by molar-refractivity contribution is 9.10. The Bertz CT molecular complexity index is 996. The Kier molecular flexibility index (Phi) is 6.31. The monoisotopic (exact) mass is 507 g/mol. The SMILES string of the molecule is C=C(/C=C(F)\C=C(/C)F)[C@@H]1CC[C@H]2OC3(CCN(C(=O)c4ccc(Br)cn4)CC3)C(=O)N21. The maximum absolute atomic E-state index is 13.9. The maximum atomic E-state index is 13.9. The van der Waals surface area contributed by atoms with Crippen molar-refractivity contribution >= 4 is 27.7 Å². The number of ether oxygens (including phenoxy) is 1. The minimum absolute atomic E-state index is 0.147. The first-order valence-corrected chi connectivity index (χ1v) is 11.3. The third-order valence-corrected chi connectivity index (χ3v) is 6.68. The second-order valence-electron chi connectivity index (χ2n) is 8.36. The Labute approximate surface area is 193 Å². The molecule has 0 aromatic carbocycles. The summed E-state index contributed by atoms with van der Waals surface area (Å²) in [7, 11) is 0. The summed E-state index contributed by atoms with van der Waals surface area (Å²) in [6, 6.07) is 3.03. The number of fused-ring (bicyclic) bond motifs is 1. The van der Waals surface area contributed by atoms with Gasteiger partial charge in [-0.2, -0.15) is 0 Å². The average Bonchev–Trinajstić information content (AvgIpc) is 3.26. The Morgan fingerprint density at radius 2 is 2.00 bits per heavy atom. The van der Waals surface area contributed by atoms with Crippen molar-refractivity contribution in [1.29, 1.82) is 0 Å². The van der Waals surface area contributed by atoms with Gasteiger partial charge in [0.1, 0.15) is 17.7 Å². The van der Waals surface area contributed by atoms with Crippen molar-refractivity contribution in [2.24, 2.45) is 0 Å². The number of allylic oxidation sites excluding steroid dienone is 3. The molecule has 0 aliphatic carbocycles. The van der Waals surface area contributed by atoms with E-state index in [4.69, 9.17) is 4.74 Å². The molecule has 170 valence electrons. The van der Waals surface area contributed by atoms with Crippen LogP contribution in [0.5, 0.6) is 0 Å². The molecule has 2 atom stereocenters. The van der Waals surface area contributed by atoms with Gasteiger partial charge in [-0.3, -0.25) is 9.59 Å². The smallest absolute Gasteiger partial charge is 0.272 e. The fraction of sp³-hybridized carbons (Fsp3) is 0.435. The molecule has 0 saturated carbocycles. The average molecular weight is 508 g/mol. The molecule has 3 fully saturated rings. The molecule has 9 heteroatoms. The summed E-state index contributed by atoms with van der Waals surface area (Å²) in [5.74, 6) is -1.71. The van der Waals surface area contributed by atoms with Gasteiger partial charge in [-0.1, -0.05) is 6.58 Å². The molecule has 3 saturated heterocycles. The van der Waals surface area contributed by atoms with E-state index in [1.54, 1.807) is 28.1 Å². The molecule has 3 aliphatic rings. The first kappa shape index (κ1) is 22.8. The van der Waals surface area contributed by atoms with Gasteiger partial charge in [-0.15, -0.1) is 0 Å². The van der Waals surface area contributed by atoms with Crippen molar-refractivity contribution in [3.05, 3.63) is 64.5 Å². The molecule has 0 bridgehead atoms. The van der Waals surface area contributed by atoms with Crippen LogP contribution in [0.2, 0.25) is 0 Å². The van der Waals surface area contributed by atoms with Crippen LogP contribution in [0.4, 0.5) is 8.78 Å². The minimum atomic E-state index is -0.981. The van der Waals surface area contributed by atoms with E-state index in [0.717, 1.165) is 17.5 Å². The zero-order valence-corrected chi connectivity index (χ0v) is 19.3. The highest BCUT2D eigenvalue weighted by Crippen LogP contribution is 2.44. The molecule has 0 N–H and O–H groups in total. The maximum Gasteiger partial charge on any atom is 0.272 e. The lowest BCUT2D eigenvalue weighted by Gasteiger charge is -2.37. The molecule has 1 aromatic rings. The molecule has 1 spiro atoms. The van der Waals surface area contributed by atoms with Crippen molar-refractivity contribution in [3.8, 4) is 0 Å². The summed E-state index contributed by atoms with van der Waals surface area (Å²) in [5.41, 5.74) is -0.220. The lowest BCUT2D eigenvalue weighted by molar-refractivity contribution is -0.142. The summed E-state index contributed by atoms with van der Waals surface area (Å²) in [5, 5.41) is 0. The highest BCUT2D eigenvalue weighted by Gasteiger charge is 2.58. The van der Waals surface area contributed by atoms with Gasteiger partial charge in [0.15, 0.2) is 5.60 Å². The molecular weight excluding hydrogens is 484 g/mol. The minimum Gasteiger partial charge on any atom is -0.342 e. The quantitative estimate of drug-likeness (QED) is 0.564. The number of likely N-dealkylation sites (tertiary alicyclic amines) is 1. The van der Waals surface area contributed by atoms with Crippen LogP contribution in [0.15, 0.2) is 58.8 Å². The van der Waals surface area contributed by atoms with Crippen LogP contribution in [-0.4, -0.2) is 57.6 Å². The number of pyridine rings is 1. The van der Waals surface area contributed by atoms with Crippen LogP contribution in [0, 0.1) is 0 Å². The van der Waals surface area contributed by atoms with Crippen molar-refractivity contribution < 1.29 is 23.1 Å². The largest absolute Gasteiger partial charge is 0.342 e. The molecular formula is C23H24BrF2N3O3. The van der Waals surface area contributed by atoms with E-state index in [1.165, 1.54) is 6.08 Å². The van der Waals surface area contributed by atoms with E-state index in [0.29, 0.717) is 50.0 Å². The number of hydrogen-bond donors (Lipinski definition) is 0. The second kappa shape index (κ2) is 8.86. The molecule has 1 aromatic heterocycles. The van der Waals surface area contributed by atoms with Crippen LogP contribution in [0.1, 0.15) is 43.1 Å². The number of amides is 2. The van der Waals surface area contributed by atoms with Crippen LogP contribution in [-0.2, 0) is 9.53 Å². The standard InChI is InChI=1S/C23H24BrF2N3O3/c1-14(11-17(26)12-15(2)25)19-5-6-20-29(19)22(31)23(32-20)7-9-28(10-8-23)21(30)18-4-3-16(24)13-27-18/h3-4,11-13,19-20H,1,5-10H2,2H3/b15-12+,17-11+/t19-,20+/m0/s1. The number of aromatic nitrogens is 1. The van der Waals surface area contributed by atoms with Crippen molar-refractivity contribution in [2.45, 2.75) is 50.5 Å². The number of carbonyl (C=O) groups is 2. The number of rotatable bonds is 4. The molecule has 2 amide bonds. The van der Waals surface area contributed by atoms with Crippen LogP contribution in [0.3, 0.4) is 0 Å². The van der Waals surface area contributed by atoms with Crippen LogP contribution in [0.25, 0.3) is 0 Å². The van der Waals surface area contributed by atoms with Crippen LogP contribution < -0.4 is 0 Å². The van der Waals surface area contributed by atoms with Gasteiger partial charge >= 0.3 is 0 Å². The summed E-state index contributed by atoms with van der Waals surface area (Å²) < 4.78 is 33.9. The number of hydrogen-bond acceptors (Lipinski definition) is 4. The topological polar surface area (TPSA) is 62.7 Å². The van der Waals surface area contributed by atoms with Crippen molar-refractivity contribution in [1.82, 2.24) is 14.8 Å². The fourth-order valence-electron chi connectivity index (χ4n) is 4.65. The highest BCUT2D eigenvalue weighted by atomic mass is 79.9. The zero-order valence-electron chi connectivity index (χ0n) is 17.7. The normalized spacial score (nSPS) is 25.4. The number of piperidine rings is 1. The molecule has 6 nitrogen and oxygen atoms in total. The molecule has 32 heavy (non-hydrogen) atoms. The van der Waals surface area contributed by atoms with E-state index in [-0.39, 0.29) is 11.8 Å². The Hall–Kier alpha value is -2.39. The Morgan fingerprint density at radius 3 is 2.62 bits per heavy atom. The predicted molar refractivity (Wildman–Crippen MR) is 118 cm³/mol. The third kappa shape index (κ3) is 4.28. The van der Waals surface area contributed by atoms with E-state index in [9.17, 15) is 18.4 Å². The number of halogens is 3. The summed E-state index contributed by atoms with van der Waals surface area (Å²) in [6.45, 7) is 5.82. The Morgan fingerprint density at radius 1 is 1.28 bits per heavy atom. The first-order chi connectivity index (χ1) is 15.2. The molecule has 0 radical (unpaired) electrons. The first-order valence-electron chi connectivity index (χ1n) is 10.5. The van der Waals surface area contributed by atoms with Gasteiger partial charge < -0.3 is 14.5 Å². The zero-order chi connectivity index (χ0) is 23.0.